The normalized spacial score (nSPS) is 14.8. The number of amides is 1. The van der Waals surface area contributed by atoms with Crippen LogP contribution in [0.3, 0.4) is 0 Å². The molecule has 0 aromatic heterocycles. The highest BCUT2D eigenvalue weighted by Gasteiger charge is 2.32. The summed E-state index contributed by atoms with van der Waals surface area (Å²) < 4.78 is 46.2. The standard InChI is InChI=1S/C28H26F3NO4/c1-18(33)32(25-12-9-20-6-2-3-8-23(20)25)13-14-36-26-17-22(28(29,30)31)10-11-24(26)21-7-4-5-19(15-21)16-27(34)35/h2-8,10-11,15,17,25H,9,12-14,16H2,1H3,(H,34,35). The van der Waals surface area contributed by atoms with Crippen LogP contribution in [-0.2, 0) is 28.6 Å². The van der Waals surface area contributed by atoms with E-state index >= 15 is 0 Å². The van der Waals surface area contributed by atoms with Crippen molar-refractivity contribution in [3.05, 3.63) is 89.0 Å². The number of aryl methyl sites for hydroxylation is 1. The maximum Gasteiger partial charge on any atom is 0.416 e. The van der Waals surface area contributed by atoms with E-state index in [0.29, 0.717) is 16.7 Å². The molecule has 3 aromatic carbocycles. The van der Waals surface area contributed by atoms with Crippen LogP contribution in [0.5, 0.6) is 5.75 Å². The number of halogens is 3. The Hall–Kier alpha value is -3.81. The summed E-state index contributed by atoms with van der Waals surface area (Å²) in [4.78, 5) is 25.3. The second-order valence-corrected chi connectivity index (χ2v) is 8.79. The lowest BCUT2D eigenvalue weighted by molar-refractivity contribution is -0.138. The van der Waals surface area contributed by atoms with Gasteiger partial charge in [-0.3, -0.25) is 9.59 Å². The number of carbonyl (C=O) groups excluding carboxylic acids is 1. The molecule has 1 aliphatic carbocycles. The number of benzene rings is 3. The summed E-state index contributed by atoms with van der Waals surface area (Å²) in [6.45, 7) is 1.69. The Labute approximate surface area is 207 Å². The zero-order chi connectivity index (χ0) is 25.9. The Morgan fingerprint density at radius 2 is 1.83 bits per heavy atom. The first-order valence-corrected chi connectivity index (χ1v) is 11.6. The number of carboxylic acid groups (broad SMARTS) is 1. The van der Waals surface area contributed by atoms with Crippen LogP contribution >= 0.6 is 0 Å². The van der Waals surface area contributed by atoms with E-state index in [1.54, 1.807) is 29.2 Å². The highest BCUT2D eigenvalue weighted by atomic mass is 19.4. The molecule has 1 aliphatic rings. The first kappa shape index (κ1) is 25.3. The molecule has 3 aromatic rings. The summed E-state index contributed by atoms with van der Waals surface area (Å²) in [5, 5.41) is 9.09. The number of nitrogens with zero attached hydrogens (tertiary/aromatic N) is 1. The Morgan fingerprint density at radius 1 is 1.06 bits per heavy atom. The van der Waals surface area contributed by atoms with Crippen molar-refractivity contribution in [3.63, 3.8) is 0 Å². The maximum atomic E-state index is 13.4. The van der Waals surface area contributed by atoms with Gasteiger partial charge < -0.3 is 14.7 Å². The van der Waals surface area contributed by atoms with Crippen molar-refractivity contribution < 1.29 is 32.6 Å². The predicted molar refractivity (Wildman–Crippen MR) is 129 cm³/mol. The fraction of sp³-hybridized carbons (Fsp3) is 0.286. The number of hydrogen-bond donors (Lipinski definition) is 1. The summed E-state index contributed by atoms with van der Waals surface area (Å²) in [7, 11) is 0. The van der Waals surface area contributed by atoms with Crippen molar-refractivity contribution in [3.8, 4) is 16.9 Å². The number of carboxylic acids is 1. The zero-order valence-corrected chi connectivity index (χ0v) is 19.7. The van der Waals surface area contributed by atoms with Gasteiger partial charge in [0.25, 0.3) is 0 Å². The Morgan fingerprint density at radius 3 is 2.56 bits per heavy atom. The second-order valence-electron chi connectivity index (χ2n) is 8.79. The van der Waals surface area contributed by atoms with Crippen molar-refractivity contribution >= 4 is 11.9 Å². The predicted octanol–water partition coefficient (Wildman–Crippen LogP) is 5.91. The van der Waals surface area contributed by atoms with Crippen molar-refractivity contribution in [1.82, 2.24) is 4.90 Å². The zero-order valence-electron chi connectivity index (χ0n) is 19.7. The largest absolute Gasteiger partial charge is 0.491 e. The summed E-state index contributed by atoms with van der Waals surface area (Å²) >= 11 is 0. The van der Waals surface area contributed by atoms with Crippen LogP contribution in [0.4, 0.5) is 13.2 Å². The van der Waals surface area contributed by atoms with E-state index in [4.69, 9.17) is 9.84 Å². The Balaban J connectivity index is 1.58. The van der Waals surface area contributed by atoms with E-state index in [2.05, 4.69) is 0 Å². The topological polar surface area (TPSA) is 66.8 Å². The lowest BCUT2D eigenvalue weighted by Gasteiger charge is -2.29. The third-order valence-corrected chi connectivity index (χ3v) is 6.37. The highest BCUT2D eigenvalue weighted by molar-refractivity contribution is 5.75. The molecule has 1 unspecified atom stereocenters. The molecule has 188 valence electrons. The van der Waals surface area contributed by atoms with Gasteiger partial charge in [-0.25, -0.2) is 0 Å². The monoisotopic (exact) mass is 497 g/mol. The molecule has 0 saturated heterocycles. The lowest BCUT2D eigenvalue weighted by atomic mass is 9.99. The fourth-order valence-corrected chi connectivity index (χ4v) is 4.73. The molecule has 0 aliphatic heterocycles. The number of fused-ring (bicyclic) bond motifs is 1. The summed E-state index contributed by atoms with van der Waals surface area (Å²) in [5.74, 6) is -1.12. The summed E-state index contributed by atoms with van der Waals surface area (Å²) in [5.41, 5.74) is 2.91. The fourth-order valence-electron chi connectivity index (χ4n) is 4.73. The van der Waals surface area contributed by atoms with Gasteiger partial charge in [0.1, 0.15) is 12.4 Å². The molecule has 0 fully saturated rings. The molecule has 36 heavy (non-hydrogen) atoms. The minimum Gasteiger partial charge on any atom is -0.491 e. The van der Waals surface area contributed by atoms with Crippen molar-refractivity contribution in [1.29, 1.82) is 0 Å². The van der Waals surface area contributed by atoms with Gasteiger partial charge in [0.05, 0.1) is 24.6 Å². The summed E-state index contributed by atoms with van der Waals surface area (Å²) in [6.07, 6.45) is -3.12. The van der Waals surface area contributed by atoms with E-state index < -0.39 is 17.7 Å². The Bertz CT molecular complexity index is 1270. The average Bonchev–Trinajstić information content (AvgIpc) is 3.24. The number of rotatable bonds is 8. The van der Waals surface area contributed by atoms with Gasteiger partial charge in [0, 0.05) is 12.5 Å². The third-order valence-electron chi connectivity index (χ3n) is 6.37. The molecule has 0 heterocycles. The molecular weight excluding hydrogens is 471 g/mol. The van der Waals surface area contributed by atoms with Crippen LogP contribution in [0.25, 0.3) is 11.1 Å². The van der Waals surface area contributed by atoms with E-state index in [-0.39, 0.29) is 37.3 Å². The SMILES string of the molecule is CC(=O)N(CCOc1cc(C(F)(F)F)ccc1-c1cccc(CC(=O)O)c1)C1CCc2ccccc21. The van der Waals surface area contributed by atoms with Crippen LogP contribution in [0.1, 0.15) is 41.6 Å². The van der Waals surface area contributed by atoms with E-state index in [1.807, 2.05) is 24.3 Å². The number of alkyl halides is 3. The molecule has 1 atom stereocenters. The number of ether oxygens (including phenoxy) is 1. The van der Waals surface area contributed by atoms with Crippen LogP contribution < -0.4 is 4.74 Å². The van der Waals surface area contributed by atoms with Crippen LogP contribution in [0.15, 0.2) is 66.7 Å². The van der Waals surface area contributed by atoms with Crippen LogP contribution in [0.2, 0.25) is 0 Å². The molecule has 0 saturated carbocycles. The molecule has 0 spiro atoms. The Kier molecular flexibility index (Phi) is 7.33. The molecule has 5 nitrogen and oxygen atoms in total. The van der Waals surface area contributed by atoms with Gasteiger partial charge in [-0.05, 0) is 47.2 Å². The third kappa shape index (κ3) is 5.70. The van der Waals surface area contributed by atoms with E-state index in [0.717, 1.165) is 30.5 Å². The van der Waals surface area contributed by atoms with Gasteiger partial charge in [0.2, 0.25) is 5.91 Å². The maximum absolute atomic E-state index is 13.4. The van der Waals surface area contributed by atoms with Crippen molar-refractivity contribution in [2.45, 2.75) is 38.4 Å². The van der Waals surface area contributed by atoms with Gasteiger partial charge in [-0.2, -0.15) is 13.2 Å². The average molecular weight is 498 g/mol. The van der Waals surface area contributed by atoms with Crippen LogP contribution in [-0.4, -0.2) is 35.0 Å². The van der Waals surface area contributed by atoms with Crippen molar-refractivity contribution in [2.24, 2.45) is 0 Å². The lowest BCUT2D eigenvalue weighted by Crippen LogP contribution is -2.35. The smallest absolute Gasteiger partial charge is 0.416 e. The molecule has 1 amide bonds. The molecule has 8 heteroatoms. The first-order chi connectivity index (χ1) is 17.1. The van der Waals surface area contributed by atoms with E-state index in [1.165, 1.54) is 18.6 Å². The second kappa shape index (κ2) is 10.4. The minimum absolute atomic E-state index is 0.00136. The molecule has 4 rings (SSSR count). The number of aliphatic carboxylic acids is 1. The molecule has 0 bridgehead atoms. The molecule has 1 N–H and O–H groups in total. The highest BCUT2D eigenvalue weighted by Crippen LogP contribution is 2.38. The quantitative estimate of drug-likeness (QED) is 0.420. The van der Waals surface area contributed by atoms with Gasteiger partial charge in [0.15, 0.2) is 0 Å². The number of carbonyl (C=O) groups is 2. The number of hydrogen-bond acceptors (Lipinski definition) is 3. The minimum atomic E-state index is -4.55. The van der Waals surface area contributed by atoms with Crippen molar-refractivity contribution in [2.75, 3.05) is 13.2 Å². The summed E-state index contributed by atoms with van der Waals surface area (Å²) in [6, 6.07) is 17.7. The molecule has 0 radical (unpaired) electrons. The first-order valence-electron chi connectivity index (χ1n) is 11.6. The molecular formula is C28H26F3NO4. The van der Waals surface area contributed by atoms with Gasteiger partial charge >= 0.3 is 12.1 Å². The van der Waals surface area contributed by atoms with Gasteiger partial charge in [-0.15, -0.1) is 0 Å². The van der Waals surface area contributed by atoms with Crippen LogP contribution in [0, 0.1) is 0 Å². The van der Waals surface area contributed by atoms with Gasteiger partial charge in [-0.1, -0.05) is 54.6 Å². The van der Waals surface area contributed by atoms with E-state index in [9.17, 15) is 22.8 Å².